The first-order valence-electron chi connectivity index (χ1n) is 6.73. The Labute approximate surface area is 139 Å². The van der Waals surface area contributed by atoms with E-state index in [1.54, 1.807) is 0 Å². The Balaban J connectivity index is 1.94. The lowest BCUT2D eigenvalue weighted by Gasteiger charge is -2.05. The standard InChI is InChI=1S/C16H9ClN2O5/c17-9-4-5-14-12(6-9)13(20)8-15(24-14)16(21)18-10-2-1-3-11(7-10)19(22)23/h1-8H,(H,18,21). The molecule has 2 aromatic carbocycles. The highest BCUT2D eigenvalue weighted by Gasteiger charge is 2.14. The van der Waals surface area contributed by atoms with Crippen molar-refractivity contribution in [2.75, 3.05) is 5.32 Å². The molecule has 0 unspecified atom stereocenters. The van der Waals surface area contributed by atoms with Crippen molar-refractivity contribution in [3.05, 3.63) is 79.7 Å². The van der Waals surface area contributed by atoms with Crippen LogP contribution in [-0.2, 0) is 0 Å². The van der Waals surface area contributed by atoms with Crippen LogP contribution in [0.4, 0.5) is 11.4 Å². The number of anilines is 1. The van der Waals surface area contributed by atoms with E-state index in [2.05, 4.69) is 5.32 Å². The molecule has 3 aromatic rings. The van der Waals surface area contributed by atoms with Crippen molar-refractivity contribution in [2.45, 2.75) is 0 Å². The molecule has 24 heavy (non-hydrogen) atoms. The minimum absolute atomic E-state index is 0.164. The Morgan fingerprint density at radius 3 is 2.71 bits per heavy atom. The van der Waals surface area contributed by atoms with Crippen LogP contribution < -0.4 is 10.7 Å². The van der Waals surface area contributed by atoms with Crippen LogP contribution in [0.3, 0.4) is 0 Å². The zero-order valence-corrected chi connectivity index (χ0v) is 12.7. The topological polar surface area (TPSA) is 102 Å². The van der Waals surface area contributed by atoms with E-state index in [4.69, 9.17) is 16.0 Å². The number of benzene rings is 2. The van der Waals surface area contributed by atoms with Gasteiger partial charge < -0.3 is 9.73 Å². The summed E-state index contributed by atoms with van der Waals surface area (Å²) in [7, 11) is 0. The van der Waals surface area contributed by atoms with Crippen molar-refractivity contribution < 1.29 is 14.1 Å². The molecule has 0 fully saturated rings. The normalized spacial score (nSPS) is 10.5. The van der Waals surface area contributed by atoms with Gasteiger partial charge in [0, 0.05) is 28.9 Å². The maximum Gasteiger partial charge on any atom is 0.291 e. The number of carbonyl (C=O) groups excluding carboxylic acids is 1. The summed E-state index contributed by atoms with van der Waals surface area (Å²) in [4.78, 5) is 34.5. The number of rotatable bonds is 3. The van der Waals surface area contributed by atoms with Crippen molar-refractivity contribution in [1.82, 2.24) is 0 Å². The second kappa shape index (κ2) is 6.13. The molecular formula is C16H9ClN2O5. The van der Waals surface area contributed by atoms with E-state index in [1.165, 1.54) is 42.5 Å². The number of halogens is 1. The van der Waals surface area contributed by atoms with E-state index in [0.29, 0.717) is 5.02 Å². The van der Waals surface area contributed by atoms with Gasteiger partial charge in [0.1, 0.15) is 5.58 Å². The van der Waals surface area contributed by atoms with Crippen molar-refractivity contribution in [2.24, 2.45) is 0 Å². The highest BCUT2D eigenvalue weighted by atomic mass is 35.5. The monoisotopic (exact) mass is 344 g/mol. The van der Waals surface area contributed by atoms with Crippen LogP contribution in [0, 0.1) is 10.1 Å². The molecule has 0 saturated heterocycles. The largest absolute Gasteiger partial charge is 0.451 e. The summed E-state index contributed by atoms with van der Waals surface area (Å²) in [6.07, 6.45) is 0. The molecule has 120 valence electrons. The molecule has 1 amide bonds. The zero-order valence-electron chi connectivity index (χ0n) is 12.0. The number of amides is 1. The number of nitrogens with one attached hydrogen (secondary N) is 1. The fraction of sp³-hybridized carbons (Fsp3) is 0. The third-order valence-corrected chi connectivity index (χ3v) is 3.46. The van der Waals surface area contributed by atoms with Crippen molar-refractivity contribution in [1.29, 1.82) is 0 Å². The summed E-state index contributed by atoms with van der Waals surface area (Å²) >= 11 is 5.83. The average molecular weight is 345 g/mol. The molecule has 7 nitrogen and oxygen atoms in total. The highest BCUT2D eigenvalue weighted by Crippen LogP contribution is 2.20. The molecule has 8 heteroatoms. The average Bonchev–Trinajstić information content (AvgIpc) is 2.55. The summed E-state index contributed by atoms with van der Waals surface area (Å²) in [6.45, 7) is 0. The van der Waals surface area contributed by atoms with E-state index in [9.17, 15) is 19.7 Å². The van der Waals surface area contributed by atoms with Crippen LogP contribution in [0.5, 0.6) is 0 Å². The Morgan fingerprint density at radius 1 is 1.17 bits per heavy atom. The van der Waals surface area contributed by atoms with Gasteiger partial charge in [0.2, 0.25) is 0 Å². The quantitative estimate of drug-likeness (QED) is 0.577. The Morgan fingerprint density at radius 2 is 1.96 bits per heavy atom. The number of nitro groups is 1. The molecule has 1 aromatic heterocycles. The molecule has 0 bridgehead atoms. The third kappa shape index (κ3) is 3.11. The van der Waals surface area contributed by atoms with Gasteiger partial charge in [-0.3, -0.25) is 19.7 Å². The van der Waals surface area contributed by atoms with Crippen LogP contribution in [0.2, 0.25) is 5.02 Å². The zero-order chi connectivity index (χ0) is 17.3. The second-order valence-corrected chi connectivity index (χ2v) is 5.31. The fourth-order valence-electron chi connectivity index (χ4n) is 2.13. The molecule has 0 atom stereocenters. The smallest absolute Gasteiger partial charge is 0.291 e. The van der Waals surface area contributed by atoms with E-state index in [1.807, 2.05) is 0 Å². The fourth-order valence-corrected chi connectivity index (χ4v) is 2.30. The van der Waals surface area contributed by atoms with Gasteiger partial charge in [-0.15, -0.1) is 0 Å². The first kappa shape index (κ1) is 15.7. The van der Waals surface area contributed by atoms with Gasteiger partial charge in [0.15, 0.2) is 11.2 Å². The van der Waals surface area contributed by atoms with Crippen molar-refractivity contribution in [3.8, 4) is 0 Å². The minimum Gasteiger partial charge on any atom is -0.451 e. The molecule has 3 rings (SSSR count). The van der Waals surface area contributed by atoms with E-state index >= 15 is 0 Å². The van der Waals surface area contributed by atoms with Gasteiger partial charge in [-0.1, -0.05) is 17.7 Å². The van der Waals surface area contributed by atoms with Gasteiger partial charge >= 0.3 is 0 Å². The molecule has 1 N–H and O–H groups in total. The molecule has 1 heterocycles. The van der Waals surface area contributed by atoms with E-state index < -0.39 is 16.3 Å². The van der Waals surface area contributed by atoms with Gasteiger partial charge in [-0.2, -0.15) is 0 Å². The number of carbonyl (C=O) groups is 1. The van der Waals surface area contributed by atoms with Crippen molar-refractivity contribution >= 4 is 39.9 Å². The van der Waals surface area contributed by atoms with Gasteiger partial charge in [0.05, 0.1) is 10.3 Å². The van der Waals surface area contributed by atoms with E-state index in [-0.39, 0.29) is 28.1 Å². The van der Waals surface area contributed by atoms with Crippen LogP contribution in [-0.4, -0.2) is 10.8 Å². The summed E-state index contributed by atoms with van der Waals surface area (Å²) in [6, 6.07) is 11.0. The summed E-state index contributed by atoms with van der Waals surface area (Å²) in [5, 5.41) is 13.8. The highest BCUT2D eigenvalue weighted by molar-refractivity contribution is 6.31. The van der Waals surface area contributed by atoms with Gasteiger partial charge in [0.25, 0.3) is 11.6 Å². The Hall–Kier alpha value is -3.19. The number of fused-ring (bicyclic) bond motifs is 1. The van der Waals surface area contributed by atoms with Crippen molar-refractivity contribution in [3.63, 3.8) is 0 Å². The summed E-state index contributed by atoms with van der Waals surface area (Å²) in [5.41, 5.74) is -0.144. The predicted octanol–water partition coefficient (Wildman–Crippen LogP) is 3.61. The molecule has 0 aliphatic rings. The Bertz CT molecular complexity index is 1030. The molecule has 0 radical (unpaired) electrons. The maximum atomic E-state index is 12.2. The van der Waals surface area contributed by atoms with Crippen LogP contribution >= 0.6 is 11.6 Å². The number of hydrogen-bond donors (Lipinski definition) is 1. The second-order valence-electron chi connectivity index (χ2n) is 4.88. The number of non-ortho nitro benzene ring substituents is 1. The molecular weight excluding hydrogens is 336 g/mol. The molecule has 0 spiro atoms. The van der Waals surface area contributed by atoms with Gasteiger partial charge in [-0.25, -0.2) is 0 Å². The number of hydrogen-bond acceptors (Lipinski definition) is 5. The summed E-state index contributed by atoms with van der Waals surface area (Å²) < 4.78 is 5.40. The van der Waals surface area contributed by atoms with Gasteiger partial charge in [-0.05, 0) is 24.3 Å². The maximum absolute atomic E-state index is 12.2. The lowest BCUT2D eigenvalue weighted by molar-refractivity contribution is -0.384. The van der Waals surface area contributed by atoms with E-state index in [0.717, 1.165) is 6.07 Å². The minimum atomic E-state index is -0.690. The number of nitrogens with zero attached hydrogens (tertiary/aromatic N) is 1. The van der Waals surface area contributed by atoms with Crippen LogP contribution in [0.1, 0.15) is 10.6 Å². The van der Waals surface area contributed by atoms with Crippen LogP contribution in [0.25, 0.3) is 11.0 Å². The molecule has 0 saturated carbocycles. The molecule has 0 aliphatic heterocycles. The predicted molar refractivity (Wildman–Crippen MR) is 88.5 cm³/mol. The first-order chi connectivity index (χ1) is 11.4. The number of nitro benzene ring substituents is 1. The lowest BCUT2D eigenvalue weighted by atomic mass is 10.2. The first-order valence-corrected chi connectivity index (χ1v) is 7.11. The lowest BCUT2D eigenvalue weighted by Crippen LogP contribution is -2.15. The molecule has 0 aliphatic carbocycles. The van der Waals surface area contributed by atoms with Crippen LogP contribution in [0.15, 0.2) is 57.7 Å². The Kier molecular flexibility index (Phi) is 4.01. The third-order valence-electron chi connectivity index (χ3n) is 3.23. The summed E-state index contributed by atoms with van der Waals surface area (Å²) in [5.74, 6) is -0.897. The SMILES string of the molecule is O=C(Nc1cccc([N+](=O)[O-])c1)c1cc(=O)c2cc(Cl)ccc2o1.